The Morgan fingerprint density at radius 1 is 1.07 bits per heavy atom. The quantitative estimate of drug-likeness (QED) is 0.484. The lowest BCUT2D eigenvalue weighted by Gasteiger charge is -2.27. The van der Waals surface area contributed by atoms with Crippen molar-refractivity contribution in [1.29, 1.82) is 5.26 Å². The Hall–Kier alpha value is -3.98. The molecule has 0 N–H and O–H groups in total. The maximum Gasteiger partial charge on any atom is 0.235 e. The Labute approximate surface area is 174 Å². The Morgan fingerprint density at radius 3 is 2.73 bits per heavy atom. The molecule has 0 unspecified atom stereocenters. The molecule has 2 heterocycles. The van der Waals surface area contributed by atoms with Gasteiger partial charge in [-0.3, -0.25) is 0 Å². The van der Waals surface area contributed by atoms with Gasteiger partial charge >= 0.3 is 0 Å². The van der Waals surface area contributed by atoms with Crippen molar-refractivity contribution >= 4 is 17.1 Å². The number of benzene rings is 3. The highest BCUT2D eigenvalue weighted by atomic mass is 16.7. The number of aliphatic imine (C=N–C) groups is 1. The number of nitrogens with zero attached hydrogens (tertiary/aromatic N) is 3. The average Bonchev–Trinajstić information content (AvgIpc) is 3.24. The molecule has 2 aliphatic rings. The first-order valence-electron chi connectivity index (χ1n) is 9.59. The minimum Gasteiger partial charge on any atom is -0.454 e. The number of nitriles is 1. The van der Waals surface area contributed by atoms with Gasteiger partial charge in [-0.15, -0.1) is 0 Å². The van der Waals surface area contributed by atoms with Crippen molar-refractivity contribution in [1.82, 2.24) is 4.90 Å². The third-order valence-corrected chi connectivity index (χ3v) is 5.20. The fourth-order valence-electron chi connectivity index (χ4n) is 3.85. The fourth-order valence-corrected chi connectivity index (χ4v) is 3.85. The van der Waals surface area contributed by atoms with E-state index < -0.39 is 0 Å². The van der Waals surface area contributed by atoms with Crippen LogP contribution >= 0.6 is 0 Å². The fraction of sp³-hybridized carbons (Fsp3) is 0.167. The molecule has 0 radical (unpaired) electrons. The summed E-state index contributed by atoms with van der Waals surface area (Å²) in [4.78, 5) is 6.27. The van der Waals surface area contributed by atoms with Crippen LogP contribution in [0.3, 0.4) is 0 Å². The number of rotatable bonds is 3. The zero-order valence-corrected chi connectivity index (χ0v) is 16.6. The average molecular weight is 397 g/mol. The molecule has 0 aliphatic carbocycles. The maximum atomic E-state index is 10.1. The Kier molecular flexibility index (Phi) is 4.29. The number of hydrogen-bond donors (Lipinski definition) is 0. The van der Waals surface area contributed by atoms with E-state index in [0.29, 0.717) is 23.0 Å². The third-order valence-electron chi connectivity index (χ3n) is 5.20. The lowest BCUT2D eigenvalue weighted by Crippen LogP contribution is -2.17. The molecule has 6 heteroatoms. The van der Waals surface area contributed by atoms with Gasteiger partial charge in [-0.25, -0.2) is 4.99 Å². The first-order valence-corrected chi connectivity index (χ1v) is 9.59. The van der Waals surface area contributed by atoms with Gasteiger partial charge in [0.1, 0.15) is 17.4 Å². The molecular formula is C24H19N3O3. The van der Waals surface area contributed by atoms with Crippen LogP contribution in [0.1, 0.15) is 17.0 Å². The predicted molar refractivity (Wildman–Crippen MR) is 114 cm³/mol. The summed E-state index contributed by atoms with van der Waals surface area (Å²) in [5, 5.41) is 12.1. The standard InChI is InChI=1S/C24H19N3O3/c1-27(2)13-26-24-19(12-25)22(16-8-10-20-21(11-16)29-14-28-20)18-9-7-15-5-3-4-6-17(15)23(18)30-24/h3-11,13,22H,14H2,1-2H3/t22-/m0/s1. The molecule has 0 saturated heterocycles. The van der Waals surface area contributed by atoms with Crippen LogP contribution in [-0.2, 0) is 0 Å². The summed E-state index contributed by atoms with van der Waals surface area (Å²) in [7, 11) is 3.75. The maximum absolute atomic E-state index is 10.1. The summed E-state index contributed by atoms with van der Waals surface area (Å²) >= 11 is 0. The van der Waals surface area contributed by atoms with Gasteiger partial charge < -0.3 is 19.1 Å². The second kappa shape index (κ2) is 7.12. The number of fused-ring (bicyclic) bond motifs is 4. The lowest BCUT2D eigenvalue weighted by atomic mass is 9.82. The van der Waals surface area contributed by atoms with Crippen LogP contribution in [0.15, 0.2) is 71.0 Å². The molecule has 0 fully saturated rings. The van der Waals surface area contributed by atoms with E-state index in [1.54, 1.807) is 11.2 Å². The molecule has 0 spiro atoms. The highest BCUT2D eigenvalue weighted by Gasteiger charge is 2.33. The van der Waals surface area contributed by atoms with Crippen LogP contribution < -0.4 is 14.2 Å². The topological polar surface area (TPSA) is 67.1 Å². The first-order chi connectivity index (χ1) is 14.7. The van der Waals surface area contributed by atoms with Crippen LogP contribution in [0.5, 0.6) is 17.2 Å². The largest absolute Gasteiger partial charge is 0.454 e. The second-order valence-electron chi connectivity index (χ2n) is 7.39. The second-order valence-corrected chi connectivity index (χ2v) is 7.39. The molecule has 0 saturated carbocycles. The van der Waals surface area contributed by atoms with E-state index in [1.165, 1.54) is 0 Å². The van der Waals surface area contributed by atoms with Crippen molar-refractivity contribution in [3.8, 4) is 23.3 Å². The van der Waals surface area contributed by atoms with E-state index >= 15 is 0 Å². The van der Waals surface area contributed by atoms with Crippen molar-refractivity contribution < 1.29 is 14.2 Å². The van der Waals surface area contributed by atoms with Gasteiger partial charge in [0, 0.05) is 25.0 Å². The van der Waals surface area contributed by atoms with Crippen LogP contribution in [0, 0.1) is 11.3 Å². The Bertz CT molecular complexity index is 1250. The van der Waals surface area contributed by atoms with Gasteiger partial charge in [0.2, 0.25) is 12.7 Å². The van der Waals surface area contributed by atoms with E-state index in [0.717, 1.165) is 27.6 Å². The number of ether oxygens (including phenoxy) is 3. The normalized spacial score (nSPS) is 17.0. The van der Waals surface area contributed by atoms with Crippen molar-refractivity contribution in [2.75, 3.05) is 20.9 Å². The van der Waals surface area contributed by atoms with Gasteiger partial charge in [-0.1, -0.05) is 42.5 Å². The zero-order valence-electron chi connectivity index (χ0n) is 16.6. The number of hydrogen-bond acceptors (Lipinski definition) is 5. The van der Waals surface area contributed by atoms with E-state index in [-0.39, 0.29) is 12.7 Å². The molecule has 0 amide bonds. The first kappa shape index (κ1) is 18.1. The van der Waals surface area contributed by atoms with Crippen molar-refractivity contribution in [2.45, 2.75) is 5.92 Å². The summed E-state index contributed by atoms with van der Waals surface area (Å²) in [5.74, 6) is 2.08. The minimum absolute atomic E-state index is 0.202. The van der Waals surface area contributed by atoms with Gasteiger partial charge in [0.15, 0.2) is 11.5 Å². The van der Waals surface area contributed by atoms with Crippen molar-refractivity contribution in [2.24, 2.45) is 4.99 Å². The molecule has 2 aliphatic heterocycles. The molecule has 6 nitrogen and oxygen atoms in total. The third kappa shape index (κ3) is 2.92. The molecular weight excluding hydrogens is 378 g/mol. The van der Waals surface area contributed by atoms with Crippen molar-refractivity contribution in [3.63, 3.8) is 0 Å². The highest BCUT2D eigenvalue weighted by molar-refractivity contribution is 5.91. The SMILES string of the molecule is CN(C)C=NC1=C(C#N)[C@@H](c2ccc3c(c2)OCO3)c2ccc3ccccc3c2O1. The van der Waals surface area contributed by atoms with E-state index in [9.17, 15) is 5.26 Å². The summed E-state index contributed by atoms with van der Waals surface area (Å²) in [6.45, 7) is 0.202. The van der Waals surface area contributed by atoms with Crippen LogP contribution in [0.2, 0.25) is 0 Å². The smallest absolute Gasteiger partial charge is 0.235 e. The molecule has 5 rings (SSSR count). The van der Waals surface area contributed by atoms with E-state index in [2.05, 4.69) is 17.1 Å². The molecule has 3 aromatic carbocycles. The highest BCUT2D eigenvalue weighted by Crippen LogP contribution is 2.48. The van der Waals surface area contributed by atoms with E-state index in [1.807, 2.05) is 62.6 Å². The monoisotopic (exact) mass is 397 g/mol. The van der Waals surface area contributed by atoms with Crippen LogP contribution in [0.4, 0.5) is 0 Å². The van der Waals surface area contributed by atoms with Gasteiger partial charge in [-0.05, 0) is 23.1 Å². The molecule has 30 heavy (non-hydrogen) atoms. The molecule has 1 atom stereocenters. The van der Waals surface area contributed by atoms with Gasteiger partial charge in [0.05, 0.1) is 12.3 Å². The summed E-state index contributed by atoms with van der Waals surface area (Å²) < 4.78 is 17.2. The lowest BCUT2D eigenvalue weighted by molar-refractivity contribution is 0.174. The molecule has 0 bridgehead atoms. The van der Waals surface area contributed by atoms with Crippen molar-refractivity contribution in [3.05, 3.63) is 77.2 Å². The van der Waals surface area contributed by atoms with E-state index in [4.69, 9.17) is 14.2 Å². The zero-order chi connectivity index (χ0) is 20.7. The predicted octanol–water partition coefficient (Wildman–Crippen LogP) is 4.42. The molecule has 148 valence electrons. The van der Waals surface area contributed by atoms with Crippen LogP contribution in [0.25, 0.3) is 10.8 Å². The molecule has 0 aromatic heterocycles. The molecule has 3 aromatic rings. The summed E-state index contributed by atoms with van der Waals surface area (Å²) in [6.07, 6.45) is 1.64. The summed E-state index contributed by atoms with van der Waals surface area (Å²) in [6, 6.07) is 20.2. The summed E-state index contributed by atoms with van der Waals surface area (Å²) in [5.41, 5.74) is 2.30. The van der Waals surface area contributed by atoms with Crippen LogP contribution in [-0.4, -0.2) is 32.1 Å². The van der Waals surface area contributed by atoms with Gasteiger partial charge in [0.25, 0.3) is 0 Å². The van der Waals surface area contributed by atoms with Gasteiger partial charge in [-0.2, -0.15) is 5.26 Å². The number of allylic oxidation sites excluding steroid dienone is 1. The minimum atomic E-state index is -0.327. The Balaban J connectivity index is 1.75. The Morgan fingerprint density at radius 2 is 1.90 bits per heavy atom.